The Kier molecular flexibility index (Phi) is 4.78. The molecule has 4 aromatic rings. The van der Waals surface area contributed by atoms with Crippen LogP contribution >= 0.6 is 0 Å². The summed E-state index contributed by atoms with van der Waals surface area (Å²) >= 11 is 0. The van der Waals surface area contributed by atoms with Crippen LogP contribution in [0.4, 0.5) is 0 Å². The molecule has 1 aliphatic heterocycles. The molecule has 0 atom stereocenters. The van der Waals surface area contributed by atoms with E-state index in [1.165, 1.54) is 6.42 Å². The normalized spacial score (nSPS) is 13.8. The maximum Gasteiger partial charge on any atom is 0.253 e. The van der Waals surface area contributed by atoms with Crippen LogP contribution in [-0.2, 0) is 19.5 Å². The van der Waals surface area contributed by atoms with E-state index in [0.717, 1.165) is 59.8 Å². The van der Waals surface area contributed by atoms with E-state index in [1.807, 2.05) is 43.3 Å². The molecule has 2 N–H and O–H groups in total. The Morgan fingerprint density at radius 1 is 1.13 bits per heavy atom. The molecule has 0 bridgehead atoms. The van der Waals surface area contributed by atoms with Gasteiger partial charge in [-0.3, -0.25) is 9.89 Å². The van der Waals surface area contributed by atoms with Gasteiger partial charge >= 0.3 is 0 Å². The third-order valence-electron chi connectivity index (χ3n) is 5.66. The number of benzene rings is 1. The largest absolute Gasteiger partial charge is 0.348 e. The number of imidazole rings is 1. The van der Waals surface area contributed by atoms with Crippen LogP contribution in [0.25, 0.3) is 22.4 Å². The summed E-state index contributed by atoms with van der Waals surface area (Å²) < 4.78 is 2.19. The van der Waals surface area contributed by atoms with Crippen LogP contribution in [0, 0.1) is 6.92 Å². The Hall–Kier alpha value is -3.48. The van der Waals surface area contributed by atoms with Gasteiger partial charge in [-0.05, 0) is 43.0 Å². The molecule has 3 aromatic heterocycles. The lowest BCUT2D eigenvalue weighted by Gasteiger charge is -2.08. The molecule has 7 nitrogen and oxygen atoms in total. The first-order chi connectivity index (χ1) is 14.7. The van der Waals surface area contributed by atoms with Crippen LogP contribution in [-0.4, -0.2) is 30.6 Å². The zero-order valence-electron chi connectivity index (χ0n) is 17.0. The van der Waals surface area contributed by atoms with Gasteiger partial charge in [-0.15, -0.1) is 0 Å². The van der Waals surface area contributed by atoms with Crippen molar-refractivity contribution in [3.8, 4) is 11.3 Å². The topological polar surface area (TPSA) is 88.5 Å². The molecule has 1 aliphatic rings. The fourth-order valence-corrected chi connectivity index (χ4v) is 4.09. The van der Waals surface area contributed by atoms with E-state index in [4.69, 9.17) is 9.97 Å². The summed E-state index contributed by atoms with van der Waals surface area (Å²) in [5.74, 6) is 0.931. The number of carbonyl (C=O) groups excluding carboxylic acids is 1. The molecular weight excluding hydrogens is 376 g/mol. The van der Waals surface area contributed by atoms with Crippen LogP contribution in [0.1, 0.15) is 46.7 Å². The first-order valence-electron chi connectivity index (χ1n) is 10.4. The zero-order chi connectivity index (χ0) is 20.5. The number of amides is 1. The van der Waals surface area contributed by atoms with E-state index >= 15 is 0 Å². The first-order valence-corrected chi connectivity index (χ1v) is 10.4. The van der Waals surface area contributed by atoms with Crippen LogP contribution in [0.2, 0.25) is 0 Å². The predicted molar refractivity (Wildman–Crippen MR) is 115 cm³/mol. The quantitative estimate of drug-likeness (QED) is 0.546. The molecule has 4 heterocycles. The van der Waals surface area contributed by atoms with E-state index < -0.39 is 0 Å². The highest BCUT2D eigenvalue weighted by Crippen LogP contribution is 2.24. The molecule has 1 aromatic carbocycles. The van der Waals surface area contributed by atoms with Crippen molar-refractivity contribution in [2.75, 3.05) is 0 Å². The molecular formula is C23H24N6O. The fraction of sp³-hybridized carbons (Fsp3) is 0.304. The zero-order valence-corrected chi connectivity index (χ0v) is 17.0. The second-order valence-corrected chi connectivity index (χ2v) is 7.82. The second kappa shape index (κ2) is 7.74. The van der Waals surface area contributed by atoms with Gasteiger partial charge < -0.3 is 9.88 Å². The molecule has 0 saturated carbocycles. The van der Waals surface area contributed by atoms with Gasteiger partial charge in [0.05, 0.1) is 11.3 Å². The average Bonchev–Trinajstić information content (AvgIpc) is 3.35. The second-order valence-electron chi connectivity index (χ2n) is 7.82. The SMILES string of the molecule is Cc1cc(C(=O)NCc2ccc(-c3ccn[nH]3)cc2)c2nc3n(c2n1)CCCCC3. The monoisotopic (exact) mass is 400 g/mol. The minimum absolute atomic E-state index is 0.114. The van der Waals surface area contributed by atoms with Crippen molar-refractivity contribution in [2.24, 2.45) is 0 Å². The summed E-state index contributed by atoms with van der Waals surface area (Å²) in [7, 11) is 0. The molecule has 0 radical (unpaired) electrons. The number of aryl methyl sites for hydroxylation is 3. The lowest BCUT2D eigenvalue weighted by atomic mass is 10.1. The maximum absolute atomic E-state index is 13.0. The van der Waals surface area contributed by atoms with Crippen molar-refractivity contribution in [3.63, 3.8) is 0 Å². The van der Waals surface area contributed by atoms with Gasteiger partial charge in [-0.2, -0.15) is 5.10 Å². The van der Waals surface area contributed by atoms with Gasteiger partial charge in [0.15, 0.2) is 5.65 Å². The number of hydrogen-bond donors (Lipinski definition) is 2. The Morgan fingerprint density at radius 2 is 2.00 bits per heavy atom. The third-order valence-corrected chi connectivity index (χ3v) is 5.66. The number of pyridine rings is 1. The lowest BCUT2D eigenvalue weighted by molar-refractivity contribution is 0.0952. The molecule has 30 heavy (non-hydrogen) atoms. The average molecular weight is 400 g/mol. The van der Waals surface area contributed by atoms with Gasteiger partial charge in [-0.1, -0.05) is 30.7 Å². The maximum atomic E-state index is 13.0. The number of H-pyrrole nitrogens is 1. The van der Waals surface area contributed by atoms with E-state index in [9.17, 15) is 4.79 Å². The van der Waals surface area contributed by atoms with Gasteiger partial charge in [-0.25, -0.2) is 9.97 Å². The molecule has 0 aliphatic carbocycles. The number of hydrogen-bond acceptors (Lipinski definition) is 4. The number of nitrogens with one attached hydrogen (secondary N) is 2. The number of fused-ring (bicyclic) bond motifs is 3. The highest BCUT2D eigenvalue weighted by atomic mass is 16.1. The Balaban J connectivity index is 1.37. The number of nitrogens with zero attached hydrogens (tertiary/aromatic N) is 4. The van der Waals surface area contributed by atoms with E-state index in [1.54, 1.807) is 6.20 Å². The molecule has 0 unspecified atom stereocenters. The summed E-state index contributed by atoms with van der Waals surface area (Å²) in [6.45, 7) is 3.31. The van der Waals surface area contributed by atoms with E-state index in [0.29, 0.717) is 17.6 Å². The first kappa shape index (κ1) is 18.5. The van der Waals surface area contributed by atoms with Crippen molar-refractivity contribution in [3.05, 3.63) is 65.2 Å². The van der Waals surface area contributed by atoms with Gasteiger partial charge in [0.25, 0.3) is 5.91 Å². The molecule has 7 heteroatoms. The minimum atomic E-state index is -0.114. The highest BCUT2D eigenvalue weighted by Gasteiger charge is 2.20. The summed E-state index contributed by atoms with van der Waals surface area (Å²) in [5, 5.41) is 9.98. The number of aromatic nitrogens is 5. The van der Waals surface area contributed by atoms with E-state index in [2.05, 4.69) is 20.1 Å². The molecule has 1 amide bonds. The number of rotatable bonds is 4. The molecule has 0 saturated heterocycles. The smallest absolute Gasteiger partial charge is 0.253 e. The van der Waals surface area contributed by atoms with Crippen molar-refractivity contribution in [1.29, 1.82) is 0 Å². The third kappa shape index (κ3) is 3.47. The van der Waals surface area contributed by atoms with Crippen LogP contribution in [0.3, 0.4) is 0 Å². The van der Waals surface area contributed by atoms with Crippen LogP contribution in [0.5, 0.6) is 0 Å². The van der Waals surface area contributed by atoms with Crippen LogP contribution < -0.4 is 5.32 Å². The Bertz CT molecular complexity index is 1190. The van der Waals surface area contributed by atoms with Crippen molar-refractivity contribution < 1.29 is 4.79 Å². The Labute approximate surface area is 174 Å². The van der Waals surface area contributed by atoms with E-state index in [-0.39, 0.29) is 5.91 Å². The Morgan fingerprint density at radius 3 is 2.80 bits per heavy atom. The number of aromatic amines is 1. The lowest BCUT2D eigenvalue weighted by Crippen LogP contribution is -2.23. The molecule has 0 fully saturated rings. The summed E-state index contributed by atoms with van der Waals surface area (Å²) in [4.78, 5) is 22.5. The van der Waals surface area contributed by atoms with Crippen molar-refractivity contribution in [1.82, 2.24) is 30.0 Å². The molecule has 0 spiro atoms. The minimum Gasteiger partial charge on any atom is -0.348 e. The predicted octanol–water partition coefficient (Wildman–Crippen LogP) is 3.79. The summed E-state index contributed by atoms with van der Waals surface area (Å²) in [6.07, 6.45) is 6.15. The molecule has 152 valence electrons. The fourth-order valence-electron chi connectivity index (χ4n) is 4.09. The van der Waals surface area contributed by atoms with Crippen molar-refractivity contribution >= 4 is 17.1 Å². The summed E-state index contributed by atoms with van der Waals surface area (Å²) in [6, 6.07) is 11.9. The standard InChI is InChI=1S/C23H24N6O/c1-15-13-18(21-22(26-15)29-12-4-2-3-5-20(29)27-21)23(30)24-14-16-6-8-17(9-7-16)19-10-11-25-28-19/h6-11,13H,2-5,12,14H2,1H3,(H,24,30)(H,25,28). The van der Waals surface area contributed by atoms with Crippen LogP contribution in [0.15, 0.2) is 42.6 Å². The summed E-state index contributed by atoms with van der Waals surface area (Å²) in [5.41, 5.74) is 6.06. The highest BCUT2D eigenvalue weighted by molar-refractivity contribution is 6.04. The van der Waals surface area contributed by atoms with Gasteiger partial charge in [0, 0.05) is 31.4 Å². The van der Waals surface area contributed by atoms with Crippen molar-refractivity contribution in [2.45, 2.75) is 45.7 Å². The number of carbonyl (C=O) groups is 1. The van der Waals surface area contributed by atoms with Gasteiger partial charge in [0.1, 0.15) is 11.3 Å². The van der Waals surface area contributed by atoms with Gasteiger partial charge in [0.2, 0.25) is 0 Å². The molecule has 5 rings (SSSR count).